The topological polar surface area (TPSA) is 67.0 Å². The zero-order valence-corrected chi connectivity index (χ0v) is 10.8. The van der Waals surface area contributed by atoms with Gasteiger partial charge in [-0.25, -0.2) is 4.98 Å². The fourth-order valence-corrected chi connectivity index (χ4v) is 1.66. The Morgan fingerprint density at radius 1 is 1.42 bits per heavy atom. The summed E-state index contributed by atoms with van der Waals surface area (Å²) >= 11 is 0. The second-order valence-electron chi connectivity index (χ2n) is 4.12. The number of rotatable bonds is 6. The van der Waals surface area contributed by atoms with Crippen LogP contribution in [0.3, 0.4) is 0 Å². The third kappa shape index (κ3) is 3.84. The number of amides is 1. The number of benzene rings is 1. The SMILES string of the molecule is CCC(Oc1ccccc1)C(=O)NCc1cnc[nH]1. The van der Waals surface area contributed by atoms with Crippen molar-refractivity contribution in [2.75, 3.05) is 0 Å². The van der Waals surface area contributed by atoms with Crippen molar-refractivity contribution in [3.63, 3.8) is 0 Å². The number of hydrogen-bond acceptors (Lipinski definition) is 3. The molecule has 1 unspecified atom stereocenters. The van der Waals surface area contributed by atoms with Gasteiger partial charge in [0.1, 0.15) is 5.75 Å². The van der Waals surface area contributed by atoms with Crippen molar-refractivity contribution in [1.29, 1.82) is 0 Å². The number of nitrogens with zero attached hydrogens (tertiary/aromatic N) is 1. The molecule has 1 aromatic heterocycles. The summed E-state index contributed by atoms with van der Waals surface area (Å²) in [5.74, 6) is 0.576. The molecule has 0 bridgehead atoms. The number of aromatic nitrogens is 2. The molecule has 1 atom stereocenters. The van der Waals surface area contributed by atoms with Crippen LogP contribution in [0.2, 0.25) is 0 Å². The molecule has 1 amide bonds. The second kappa shape index (κ2) is 6.58. The van der Waals surface area contributed by atoms with Gasteiger partial charge in [-0.15, -0.1) is 0 Å². The highest BCUT2D eigenvalue weighted by molar-refractivity contribution is 5.81. The number of hydrogen-bond donors (Lipinski definition) is 2. The summed E-state index contributed by atoms with van der Waals surface area (Å²) in [5.41, 5.74) is 0.864. The average molecular weight is 259 g/mol. The highest BCUT2D eigenvalue weighted by Gasteiger charge is 2.17. The number of nitrogens with one attached hydrogen (secondary N) is 2. The average Bonchev–Trinajstić information content (AvgIpc) is 2.96. The van der Waals surface area contributed by atoms with Crippen LogP contribution in [-0.4, -0.2) is 22.0 Å². The first-order valence-corrected chi connectivity index (χ1v) is 6.26. The monoisotopic (exact) mass is 259 g/mol. The maximum atomic E-state index is 12.0. The van der Waals surface area contributed by atoms with Gasteiger partial charge in [-0.3, -0.25) is 4.79 Å². The van der Waals surface area contributed by atoms with E-state index in [1.807, 2.05) is 37.3 Å². The summed E-state index contributed by atoms with van der Waals surface area (Å²) in [7, 11) is 0. The van der Waals surface area contributed by atoms with E-state index in [0.717, 1.165) is 5.69 Å². The summed E-state index contributed by atoms with van der Waals surface area (Å²) in [6.07, 6.45) is 3.40. The number of aromatic amines is 1. The van der Waals surface area contributed by atoms with Crippen LogP contribution in [0.15, 0.2) is 42.9 Å². The highest BCUT2D eigenvalue weighted by Crippen LogP contribution is 2.12. The maximum absolute atomic E-state index is 12.0. The molecule has 2 rings (SSSR count). The molecular weight excluding hydrogens is 242 g/mol. The van der Waals surface area contributed by atoms with Crippen LogP contribution in [0.5, 0.6) is 5.75 Å². The van der Waals surface area contributed by atoms with Crippen molar-refractivity contribution in [2.45, 2.75) is 26.0 Å². The van der Waals surface area contributed by atoms with Crippen molar-refractivity contribution >= 4 is 5.91 Å². The van der Waals surface area contributed by atoms with Gasteiger partial charge < -0.3 is 15.0 Å². The minimum Gasteiger partial charge on any atom is -0.481 e. The fraction of sp³-hybridized carbons (Fsp3) is 0.286. The van der Waals surface area contributed by atoms with Crippen molar-refractivity contribution in [3.05, 3.63) is 48.5 Å². The second-order valence-corrected chi connectivity index (χ2v) is 4.12. The summed E-state index contributed by atoms with van der Waals surface area (Å²) in [6.45, 7) is 2.34. The molecule has 2 aromatic rings. The van der Waals surface area contributed by atoms with E-state index in [4.69, 9.17) is 4.74 Å². The van der Waals surface area contributed by atoms with E-state index in [0.29, 0.717) is 18.7 Å². The standard InChI is InChI=1S/C14H17N3O2/c1-2-13(19-12-6-4-3-5-7-12)14(18)16-9-11-8-15-10-17-11/h3-8,10,13H,2,9H2,1H3,(H,15,17)(H,16,18). The van der Waals surface area contributed by atoms with Gasteiger partial charge in [0.15, 0.2) is 6.10 Å². The molecule has 1 heterocycles. The molecule has 0 fully saturated rings. The van der Waals surface area contributed by atoms with Crippen LogP contribution in [0.25, 0.3) is 0 Å². The molecule has 5 heteroatoms. The fourth-order valence-electron chi connectivity index (χ4n) is 1.66. The van der Waals surface area contributed by atoms with Gasteiger partial charge in [0.25, 0.3) is 5.91 Å². The molecule has 5 nitrogen and oxygen atoms in total. The Bertz CT molecular complexity index is 497. The molecule has 0 radical (unpaired) electrons. The van der Waals surface area contributed by atoms with Crippen molar-refractivity contribution in [1.82, 2.24) is 15.3 Å². The van der Waals surface area contributed by atoms with Crippen LogP contribution in [0.4, 0.5) is 0 Å². The van der Waals surface area contributed by atoms with Crippen LogP contribution < -0.4 is 10.1 Å². The molecular formula is C14H17N3O2. The minimum absolute atomic E-state index is 0.124. The Balaban J connectivity index is 1.88. The van der Waals surface area contributed by atoms with E-state index < -0.39 is 6.10 Å². The van der Waals surface area contributed by atoms with Crippen molar-refractivity contribution in [3.8, 4) is 5.75 Å². The Hall–Kier alpha value is -2.30. The smallest absolute Gasteiger partial charge is 0.261 e. The van der Waals surface area contributed by atoms with Crippen LogP contribution in [-0.2, 0) is 11.3 Å². The highest BCUT2D eigenvalue weighted by atomic mass is 16.5. The number of para-hydroxylation sites is 1. The summed E-state index contributed by atoms with van der Waals surface area (Å²) < 4.78 is 5.66. The lowest BCUT2D eigenvalue weighted by atomic mass is 10.2. The van der Waals surface area contributed by atoms with Gasteiger partial charge in [0, 0.05) is 6.20 Å². The van der Waals surface area contributed by atoms with E-state index in [1.165, 1.54) is 0 Å². The molecule has 0 saturated heterocycles. The van der Waals surface area contributed by atoms with Gasteiger partial charge in [0.05, 0.1) is 18.6 Å². The van der Waals surface area contributed by atoms with E-state index in [9.17, 15) is 4.79 Å². The predicted molar refractivity (Wildman–Crippen MR) is 71.6 cm³/mol. The van der Waals surface area contributed by atoms with E-state index in [1.54, 1.807) is 12.5 Å². The molecule has 0 spiro atoms. The van der Waals surface area contributed by atoms with Crippen molar-refractivity contribution < 1.29 is 9.53 Å². The Kier molecular flexibility index (Phi) is 4.55. The first-order chi connectivity index (χ1) is 9.29. The molecule has 19 heavy (non-hydrogen) atoms. The summed E-state index contributed by atoms with van der Waals surface area (Å²) in [6, 6.07) is 9.34. The molecule has 0 aliphatic carbocycles. The zero-order valence-electron chi connectivity index (χ0n) is 10.8. The van der Waals surface area contributed by atoms with Gasteiger partial charge >= 0.3 is 0 Å². The van der Waals surface area contributed by atoms with E-state index in [-0.39, 0.29) is 5.91 Å². The number of H-pyrrole nitrogens is 1. The number of ether oxygens (including phenoxy) is 1. The maximum Gasteiger partial charge on any atom is 0.261 e. The molecule has 0 saturated carbocycles. The number of carbonyl (C=O) groups excluding carboxylic acids is 1. The Morgan fingerprint density at radius 2 is 2.21 bits per heavy atom. The van der Waals surface area contributed by atoms with Crippen LogP contribution in [0.1, 0.15) is 19.0 Å². The molecule has 0 aliphatic heterocycles. The predicted octanol–water partition coefficient (Wildman–Crippen LogP) is 1.88. The number of carbonyl (C=O) groups is 1. The minimum atomic E-state index is -0.481. The van der Waals surface area contributed by atoms with Crippen LogP contribution in [0, 0.1) is 0 Å². The van der Waals surface area contributed by atoms with E-state index >= 15 is 0 Å². The largest absolute Gasteiger partial charge is 0.481 e. The van der Waals surface area contributed by atoms with Gasteiger partial charge in [-0.05, 0) is 18.6 Å². The summed E-state index contributed by atoms with van der Waals surface area (Å²) in [5, 5.41) is 2.82. The van der Waals surface area contributed by atoms with Crippen LogP contribution >= 0.6 is 0 Å². The lowest BCUT2D eigenvalue weighted by molar-refractivity contribution is -0.128. The first-order valence-electron chi connectivity index (χ1n) is 6.26. The number of imidazole rings is 1. The quantitative estimate of drug-likeness (QED) is 0.832. The Labute approximate surface area is 112 Å². The van der Waals surface area contributed by atoms with Gasteiger partial charge in [-0.1, -0.05) is 25.1 Å². The third-order valence-corrected chi connectivity index (χ3v) is 2.69. The van der Waals surface area contributed by atoms with Gasteiger partial charge in [-0.2, -0.15) is 0 Å². The zero-order chi connectivity index (χ0) is 13.5. The first kappa shape index (κ1) is 13.1. The summed E-state index contributed by atoms with van der Waals surface area (Å²) in [4.78, 5) is 18.8. The molecule has 0 aliphatic rings. The van der Waals surface area contributed by atoms with Crippen molar-refractivity contribution in [2.24, 2.45) is 0 Å². The van der Waals surface area contributed by atoms with E-state index in [2.05, 4.69) is 15.3 Å². The normalized spacial score (nSPS) is 11.8. The molecule has 2 N–H and O–H groups in total. The van der Waals surface area contributed by atoms with Gasteiger partial charge in [0.2, 0.25) is 0 Å². The molecule has 1 aromatic carbocycles. The Morgan fingerprint density at radius 3 is 2.84 bits per heavy atom. The molecule has 100 valence electrons. The lowest BCUT2D eigenvalue weighted by Gasteiger charge is -2.16. The third-order valence-electron chi connectivity index (χ3n) is 2.69. The lowest BCUT2D eigenvalue weighted by Crippen LogP contribution is -2.37.